The van der Waals surface area contributed by atoms with E-state index < -0.39 is 0 Å². The molecule has 2 heteroatoms. The van der Waals surface area contributed by atoms with Crippen molar-refractivity contribution in [1.29, 1.82) is 0 Å². The van der Waals surface area contributed by atoms with Crippen molar-refractivity contribution < 1.29 is 5.11 Å². The second-order valence-corrected chi connectivity index (χ2v) is 1.96. The molecule has 2 nitrogen and oxygen atoms in total. The van der Waals surface area contributed by atoms with Crippen molar-refractivity contribution in [3.63, 3.8) is 0 Å². The van der Waals surface area contributed by atoms with Gasteiger partial charge in [0.1, 0.15) is 0 Å². The average Bonchev–Trinajstić information content (AvgIpc) is 1.83. The molecule has 0 saturated carbocycles. The highest BCUT2D eigenvalue weighted by Gasteiger charge is 1.99. The first-order valence-corrected chi connectivity index (χ1v) is 3.13. The fourth-order valence-corrected chi connectivity index (χ4v) is 0.675. The number of aliphatic hydroxyl groups is 1. The molecule has 2 N–H and O–H groups in total. The minimum atomic E-state index is 0.254. The molecule has 50 valence electrons. The average molecular weight is 117 g/mol. The monoisotopic (exact) mass is 117 g/mol. The van der Waals surface area contributed by atoms with Gasteiger partial charge in [-0.05, 0) is 13.5 Å². The molecule has 8 heavy (non-hydrogen) atoms. The van der Waals surface area contributed by atoms with Gasteiger partial charge in [0.2, 0.25) is 0 Å². The van der Waals surface area contributed by atoms with Crippen LogP contribution in [0, 0.1) is 0 Å². The molecule has 0 fully saturated rings. The lowest BCUT2D eigenvalue weighted by Crippen LogP contribution is -2.28. The largest absolute Gasteiger partial charge is 0.395 e. The summed E-state index contributed by atoms with van der Waals surface area (Å²) in [5, 5.41) is 11.6. The van der Waals surface area contributed by atoms with Gasteiger partial charge in [-0.25, -0.2) is 0 Å². The first-order chi connectivity index (χ1) is 3.85. The number of nitrogens with one attached hydrogen (secondary N) is 1. The summed E-state index contributed by atoms with van der Waals surface area (Å²) >= 11 is 0. The van der Waals surface area contributed by atoms with Crippen LogP contribution < -0.4 is 5.32 Å². The van der Waals surface area contributed by atoms with Crippen LogP contribution in [-0.2, 0) is 0 Å². The Bertz CT molecular complexity index is 43.8. The quantitative estimate of drug-likeness (QED) is 0.557. The summed E-state index contributed by atoms with van der Waals surface area (Å²) < 4.78 is 0. The van der Waals surface area contributed by atoms with Crippen LogP contribution in [0.2, 0.25) is 0 Å². The summed E-state index contributed by atoms with van der Waals surface area (Å²) in [5.41, 5.74) is 0. The molecule has 0 amide bonds. The van der Waals surface area contributed by atoms with E-state index in [9.17, 15) is 0 Å². The molecule has 0 aromatic carbocycles. The molecule has 1 atom stereocenters. The topological polar surface area (TPSA) is 32.3 Å². The van der Waals surface area contributed by atoms with Crippen LogP contribution in [0.25, 0.3) is 0 Å². The second-order valence-electron chi connectivity index (χ2n) is 1.96. The van der Waals surface area contributed by atoms with Crippen LogP contribution in [0.3, 0.4) is 0 Å². The molecule has 0 rings (SSSR count). The zero-order valence-corrected chi connectivity index (χ0v) is 5.65. The SMILES string of the molecule is CCCC(CO)NC. The van der Waals surface area contributed by atoms with Crippen LogP contribution in [0.1, 0.15) is 19.8 Å². The minimum absolute atomic E-state index is 0.254. The summed E-state index contributed by atoms with van der Waals surface area (Å²) in [6, 6.07) is 0.306. The van der Waals surface area contributed by atoms with E-state index in [0.29, 0.717) is 6.04 Å². The number of aliphatic hydroxyl groups excluding tert-OH is 1. The number of hydrogen-bond donors (Lipinski definition) is 2. The molecule has 0 aromatic rings. The Hall–Kier alpha value is -0.0800. The van der Waals surface area contributed by atoms with Crippen LogP contribution >= 0.6 is 0 Å². The fraction of sp³-hybridized carbons (Fsp3) is 1.00. The maximum Gasteiger partial charge on any atom is 0.0584 e. The maximum absolute atomic E-state index is 8.59. The molecule has 0 spiro atoms. The smallest absolute Gasteiger partial charge is 0.0584 e. The van der Waals surface area contributed by atoms with Crippen LogP contribution in [-0.4, -0.2) is 24.8 Å². The van der Waals surface area contributed by atoms with Gasteiger partial charge in [0.25, 0.3) is 0 Å². The summed E-state index contributed by atoms with van der Waals surface area (Å²) in [7, 11) is 1.87. The Morgan fingerprint density at radius 3 is 2.38 bits per heavy atom. The molecule has 0 saturated heterocycles. The van der Waals surface area contributed by atoms with E-state index in [0.717, 1.165) is 12.8 Å². The standard InChI is InChI=1S/C6H15NO/c1-3-4-6(5-8)7-2/h6-8H,3-5H2,1-2H3. The lowest BCUT2D eigenvalue weighted by atomic mass is 10.2. The molecule has 0 radical (unpaired) electrons. The molecule has 0 aromatic heterocycles. The fourth-order valence-electron chi connectivity index (χ4n) is 0.675. The van der Waals surface area contributed by atoms with Gasteiger partial charge in [0.15, 0.2) is 0 Å². The summed E-state index contributed by atoms with van der Waals surface area (Å²) in [4.78, 5) is 0. The first kappa shape index (κ1) is 7.92. The van der Waals surface area contributed by atoms with Gasteiger partial charge in [-0.15, -0.1) is 0 Å². The van der Waals surface area contributed by atoms with Gasteiger partial charge in [-0.2, -0.15) is 0 Å². The second kappa shape index (κ2) is 5.06. The first-order valence-electron chi connectivity index (χ1n) is 3.13. The van der Waals surface area contributed by atoms with Crippen molar-refractivity contribution in [2.24, 2.45) is 0 Å². The molecule has 0 bridgehead atoms. The highest BCUT2D eigenvalue weighted by Crippen LogP contribution is 1.92. The van der Waals surface area contributed by atoms with Gasteiger partial charge < -0.3 is 10.4 Å². The van der Waals surface area contributed by atoms with Gasteiger partial charge >= 0.3 is 0 Å². The molecule has 0 aliphatic carbocycles. The van der Waals surface area contributed by atoms with Crippen molar-refractivity contribution in [2.45, 2.75) is 25.8 Å². The highest BCUT2D eigenvalue weighted by molar-refractivity contribution is 4.59. The van der Waals surface area contributed by atoms with E-state index in [-0.39, 0.29) is 6.61 Å². The molecule has 0 aliphatic rings. The summed E-state index contributed by atoms with van der Waals surface area (Å²) in [6.45, 7) is 2.37. The maximum atomic E-state index is 8.59. The third-order valence-electron chi connectivity index (χ3n) is 1.27. The van der Waals surface area contributed by atoms with Gasteiger partial charge in [0.05, 0.1) is 6.61 Å². The summed E-state index contributed by atoms with van der Waals surface area (Å²) in [5.74, 6) is 0. The van der Waals surface area contributed by atoms with Gasteiger partial charge in [0, 0.05) is 6.04 Å². The summed E-state index contributed by atoms with van der Waals surface area (Å²) in [6.07, 6.45) is 2.19. The highest BCUT2D eigenvalue weighted by atomic mass is 16.3. The Balaban J connectivity index is 3.07. The van der Waals surface area contributed by atoms with Crippen LogP contribution in [0.15, 0.2) is 0 Å². The van der Waals surface area contributed by atoms with Gasteiger partial charge in [-0.1, -0.05) is 13.3 Å². The third kappa shape index (κ3) is 2.99. The minimum Gasteiger partial charge on any atom is -0.395 e. The zero-order chi connectivity index (χ0) is 6.41. The van der Waals surface area contributed by atoms with E-state index >= 15 is 0 Å². The van der Waals surface area contributed by atoms with Crippen molar-refractivity contribution in [2.75, 3.05) is 13.7 Å². The van der Waals surface area contributed by atoms with Crippen LogP contribution in [0.4, 0.5) is 0 Å². The number of rotatable bonds is 4. The Labute approximate surface area is 50.9 Å². The molecule has 0 heterocycles. The lowest BCUT2D eigenvalue weighted by Gasteiger charge is -2.09. The molecular formula is C6H15NO. The van der Waals surface area contributed by atoms with Crippen LogP contribution in [0.5, 0.6) is 0 Å². The van der Waals surface area contributed by atoms with E-state index in [2.05, 4.69) is 12.2 Å². The molecule has 0 aliphatic heterocycles. The van der Waals surface area contributed by atoms with Crippen molar-refractivity contribution in [1.82, 2.24) is 5.32 Å². The van der Waals surface area contributed by atoms with E-state index in [4.69, 9.17) is 5.11 Å². The number of hydrogen-bond acceptors (Lipinski definition) is 2. The Morgan fingerprint density at radius 2 is 2.25 bits per heavy atom. The molecule has 1 unspecified atom stereocenters. The van der Waals surface area contributed by atoms with E-state index in [1.165, 1.54) is 0 Å². The van der Waals surface area contributed by atoms with Crippen molar-refractivity contribution >= 4 is 0 Å². The zero-order valence-electron chi connectivity index (χ0n) is 5.65. The predicted octanol–water partition coefficient (Wildman–Crippen LogP) is 0.367. The lowest BCUT2D eigenvalue weighted by molar-refractivity contribution is 0.241. The van der Waals surface area contributed by atoms with Crippen molar-refractivity contribution in [3.8, 4) is 0 Å². The third-order valence-corrected chi connectivity index (χ3v) is 1.27. The van der Waals surface area contributed by atoms with E-state index in [1.807, 2.05) is 7.05 Å². The number of likely N-dealkylation sites (N-methyl/N-ethyl adjacent to an activating group) is 1. The van der Waals surface area contributed by atoms with E-state index in [1.54, 1.807) is 0 Å². The Morgan fingerprint density at radius 1 is 1.62 bits per heavy atom. The predicted molar refractivity (Wildman–Crippen MR) is 34.8 cm³/mol. The molecular weight excluding hydrogens is 102 g/mol. The van der Waals surface area contributed by atoms with Gasteiger partial charge in [-0.3, -0.25) is 0 Å². The van der Waals surface area contributed by atoms with Crippen molar-refractivity contribution in [3.05, 3.63) is 0 Å². The normalized spacial score (nSPS) is 13.9. The Kier molecular flexibility index (Phi) is 5.01.